The highest BCUT2D eigenvalue weighted by atomic mass is 35.5. The average Bonchev–Trinajstić information content (AvgIpc) is 2.44. The van der Waals surface area contributed by atoms with Gasteiger partial charge in [-0.05, 0) is 24.3 Å². The number of phenolic OH excluding ortho intramolecular Hbond substituents is 1. The van der Waals surface area contributed by atoms with E-state index in [0.717, 1.165) is 12.1 Å². The fraction of sp³-hybridized carbons (Fsp3) is 0.0667. The first kappa shape index (κ1) is 14.3. The van der Waals surface area contributed by atoms with Gasteiger partial charge in [-0.2, -0.15) is 4.98 Å². The van der Waals surface area contributed by atoms with E-state index in [2.05, 4.69) is 10.3 Å². The minimum Gasteiger partial charge on any atom is -0.508 e. The summed E-state index contributed by atoms with van der Waals surface area (Å²) < 4.78 is 14.7. The molecule has 112 valence electrons. The van der Waals surface area contributed by atoms with Crippen LogP contribution in [0, 0.1) is 5.82 Å². The minimum atomic E-state index is -0.658. The zero-order valence-corrected chi connectivity index (χ0v) is 12.2. The molecular formula is C15H11ClFN3O2. The van der Waals surface area contributed by atoms with Crippen LogP contribution in [0.5, 0.6) is 5.75 Å². The number of nitrogens with one attached hydrogen (secondary N) is 1. The van der Waals surface area contributed by atoms with Crippen molar-refractivity contribution >= 4 is 28.3 Å². The van der Waals surface area contributed by atoms with Crippen molar-refractivity contribution in [3.05, 3.63) is 57.7 Å². The second-order valence-electron chi connectivity index (χ2n) is 4.66. The third kappa shape index (κ3) is 2.37. The third-order valence-corrected chi connectivity index (χ3v) is 3.45. The molecule has 0 fully saturated rings. The van der Waals surface area contributed by atoms with Crippen LogP contribution in [0.15, 0.2) is 41.2 Å². The van der Waals surface area contributed by atoms with Crippen LogP contribution < -0.4 is 11.0 Å². The summed E-state index contributed by atoms with van der Waals surface area (Å²) >= 11 is 6.01. The van der Waals surface area contributed by atoms with Gasteiger partial charge in [0.15, 0.2) is 0 Å². The Morgan fingerprint density at radius 1 is 1.27 bits per heavy atom. The van der Waals surface area contributed by atoms with E-state index in [1.807, 2.05) is 0 Å². The fourth-order valence-electron chi connectivity index (χ4n) is 2.33. The molecule has 0 aliphatic carbocycles. The van der Waals surface area contributed by atoms with Crippen LogP contribution in [-0.2, 0) is 0 Å². The summed E-state index contributed by atoms with van der Waals surface area (Å²) in [6.45, 7) is 0. The Kier molecular flexibility index (Phi) is 3.46. The highest BCUT2D eigenvalue weighted by molar-refractivity contribution is 6.31. The van der Waals surface area contributed by atoms with Crippen LogP contribution in [-0.4, -0.2) is 21.7 Å². The molecule has 22 heavy (non-hydrogen) atoms. The number of hydrogen-bond acceptors (Lipinski definition) is 4. The van der Waals surface area contributed by atoms with E-state index in [-0.39, 0.29) is 11.4 Å². The van der Waals surface area contributed by atoms with Gasteiger partial charge in [0.1, 0.15) is 17.4 Å². The van der Waals surface area contributed by atoms with Gasteiger partial charge in [-0.15, -0.1) is 0 Å². The van der Waals surface area contributed by atoms with Gasteiger partial charge >= 0.3 is 5.69 Å². The Bertz CT molecular complexity index is 920. The van der Waals surface area contributed by atoms with E-state index in [4.69, 9.17) is 11.6 Å². The Hall–Kier alpha value is -2.60. The first-order valence-corrected chi connectivity index (χ1v) is 6.77. The topological polar surface area (TPSA) is 67.2 Å². The number of halogens is 2. The maximum Gasteiger partial charge on any atom is 0.354 e. The normalized spacial score (nSPS) is 10.9. The van der Waals surface area contributed by atoms with Crippen molar-refractivity contribution in [3.8, 4) is 11.4 Å². The van der Waals surface area contributed by atoms with Crippen LogP contribution >= 0.6 is 11.6 Å². The molecule has 1 aromatic heterocycles. The molecule has 0 spiro atoms. The number of rotatable bonds is 2. The molecule has 0 unspecified atom stereocenters. The molecule has 0 saturated carbocycles. The summed E-state index contributed by atoms with van der Waals surface area (Å²) in [5.74, 6) is -0.543. The van der Waals surface area contributed by atoms with Crippen molar-refractivity contribution in [2.24, 2.45) is 0 Å². The number of hydrogen-bond donors (Lipinski definition) is 2. The second kappa shape index (κ2) is 5.31. The van der Waals surface area contributed by atoms with Gasteiger partial charge in [-0.25, -0.2) is 9.18 Å². The highest BCUT2D eigenvalue weighted by Gasteiger charge is 2.13. The summed E-state index contributed by atoms with van der Waals surface area (Å²) in [6, 6.07) is 8.35. The van der Waals surface area contributed by atoms with Gasteiger partial charge in [0.2, 0.25) is 0 Å². The Labute approximate surface area is 129 Å². The SMILES string of the molecule is CNc1nc(=O)n(-c2cc(O)cc(F)c2)c2cc(Cl)ccc12. The van der Waals surface area contributed by atoms with E-state index in [1.54, 1.807) is 25.2 Å². The van der Waals surface area contributed by atoms with Crippen molar-refractivity contribution in [1.29, 1.82) is 0 Å². The van der Waals surface area contributed by atoms with Crippen LogP contribution in [0.4, 0.5) is 10.2 Å². The number of nitrogens with zero attached hydrogens (tertiary/aromatic N) is 2. The fourth-order valence-corrected chi connectivity index (χ4v) is 2.49. The molecule has 0 bridgehead atoms. The maximum absolute atomic E-state index is 13.5. The standard InChI is InChI=1S/C15H11ClFN3O2/c1-18-14-12-3-2-8(16)4-13(12)20(15(22)19-14)10-5-9(17)6-11(21)7-10/h2-7,21H,1H3,(H,18,19,22). The van der Waals surface area contributed by atoms with Gasteiger partial charge in [-0.1, -0.05) is 11.6 Å². The predicted molar refractivity (Wildman–Crippen MR) is 83.5 cm³/mol. The summed E-state index contributed by atoms with van der Waals surface area (Å²) in [5.41, 5.74) is 0.0240. The number of phenols is 1. The molecule has 0 saturated heterocycles. The van der Waals surface area contributed by atoms with E-state index in [9.17, 15) is 14.3 Å². The molecule has 3 rings (SSSR count). The first-order chi connectivity index (χ1) is 10.5. The number of benzene rings is 2. The molecule has 0 radical (unpaired) electrons. The zero-order chi connectivity index (χ0) is 15.9. The molecule has 1 heterocycles. The summed E-state index contributed by atoms with van der Waals surface area (Å²) in [5, 5.41) is 13.5. The van der Waals surface area contributed by atoms with Crippen LogP contribution in [0.25, 0.3) is 16.6 Å². The zero-order valence-electron chi connectivity index (χ0n) is 11.5. The van der Waals surface area contributed by atoms with E-state index >= 15 is 0 Å². The van der Waals surface area contributed by atoms with Gasteiger partial charge in [0, 0.05) is 29.6 Å². The van der Waals surface area contributed by atoms with Gasteiger partial charge in [0.05, 0.1) is 11.2 Å². The first-order valence-electron chi connectivity index (χ1n) is 6.39. The monoisotopic (exact) mass is 319 g/mol. The molecule has 0 atom stereocenters. The van der Waals surface area contributed by atoms with Gasteiger partial charge in [-0.3, -0.25) is 4.57 Å². The lowest BCUT2D eigenvalue weighted by atomic mass is 10.2. The lowest BCUT2D eigenvalue weighted by molar-refractivity contribution is 0.468. The Morgan fingerprint density at radius 2 is 2.05 bits per heavy atom. The maximum atomic E-state index is 13.5. The van der Waals surface area contributed by atoms with Crippen molar-refractivity contribution in [2.75, 3.05) is 12.4 Å². The van der Waals surface area contributed by atoms with Crippen molar-refractivity contribution in [1.82, 2.24) is 9.55 Å². The van der Waals surface area contributed by atoms with E-state index in [0.29, 0.717) is 21.7 Å². The minimum absolute atomic E-state index is 0.171. The number of aromatic nitrogens is 2. The second-order valence-corrected chi connectivity index (χ2v) is 5.09. The quantitative estimate of drug-likeness (QED) is 0.762. The largest absolute Gasteiger partial charge is 0.508 e. The number of aromatic hydroxyl groups is 1. The summed E-state index contributed by atoms with van der Waals surface area (Å²) in [7, 11) is 1.65. The predicted octanol–water partition coefficient (Wildman–Crippen LogP) is 2.93. The van der Waals surface area contributed by atoms with E-state index < -0.39 is 11.5 Å². The number of fused-ring (bicyclic) bond motifs is 1. The van der Waals surface area contributed by atoms with Crippen LogP contribution in [0.3, 0.4) is 0 Å². The van der Waals surface area contributed by atoms with Gasteiger partial charge < -0.3 is 10.4 Å². The van der Waals surface area contributed by atoms with Crippen LogP contribution in [0.2, 0.25) is 5.02 Å². The molecule has 0 amide bonds. The summed E-state index contributed by atoms with van der Waals surface area (Å²) in [4.78, 5) is 16.2. The molecule has 3 aromatic rings. The Balaban J connectivity index is 2.45. The van der Waals surface area contributed by atoms with Crippen molar-refractivity contribution in [2.45, 2.75) is 0 Å². The van der Waals surface area contributed by atoms with Crippen LogP contribution in [0.1, 0.15) is 0 Å². The van der Waals surface area contributed by atoms with E-state index in [1.165, 1.54) is 10.6 Å². The van der Waals surface area contributed by atoms with Crippen molar-refractivity contribution < 1.29 is 9.50 Å². The van der Waals surface area contributed by atoms with Gasteiger partial charge in [0.25, 0.3) is 0 Å². The highest BCUT2D eigenvalue weighted by Crippen LogP contribution is 2.26. The Morgan fingerprint density at radius 3 is 2.73 bits per heavy atom. The molecule has 2 aromatic carbocycles. The average molecular weight is 320 g/mol. The molecule has 0 aliphatic rings. The third-order valence-electron chi connectivity index (χ3n) is 3.22. The lowest BCUT2D eigenvalue weighted by Gasteiger charge is -2.13. The smallest absolute Gasteiger partial charge is 0.354 e. The summed E-state index contributed by atoms with van der Waals surface area (Å²) in [6.07, 6.45) is 0. The lowest BCUT2D eigenvalue weighted by Crippen LogP contribution is -2.23. The number of anilines is 1. The molecule has 5 nitrogen and oxygen atoms in total. The molecule has 0 aliphatic heterocycles. The van der Waals surface area contributed by atoms with Crippen molar-refractivity contribution in [3.63, 3.8) is 0 Å². The molecule has 7 heteroatoms. The molecule has 2 N–H and O–H groups in total. The molecular weight excluding hydrogens is 309 g/mol.